The first-order chi connectivity index (χ1) is 8.93. The summed E-state index contributed by atoms with van der Waals surface area (Å²) in [6, 6.07) is -0.556. The number of aromatic nitrogens is 3. The molecule has 0 aliphatic rings. The minimum absolute atomic E-state index is 0.0997. The van der Waals surface area contributed by atoms with E-state index >= 15 is 0 Å². The van der Waals surface area contributed by atoms with Gasteiger partial charge in [-0.15, -0.1) is 5.10 Å². The first-order valence-electron chi connectivity index (χ1n) is 6.08. The fourth-order valence-corrected chi connectivity index (χ4v) is 1.44. The maximum atomic E-state index is 11.7. The molecule has 106 valence electrons. The Balaban J connectivity index is 2.46. The summed E-state index contributed by atoms with van der Waals surface area (Å²) in [5.41, 5.74) is 6.27. The number of nitrogens with two attached hydrogens (primary N) is 1. The molecule has 0 radical (unpaired) electrons. The minimum atomic E-state index is -1.00. The molecule has 2 atom stereocenters. The molecule has 0 saturated heterocycles. The summed E-state index contributed by atoms with van der Waals surface area (Å²) in [7, 11) is 0. The molecule has 0 spiro atoms. The quantitative estimate of drug-likeness (QED) is 0.604. The Kier molecular flexibility index (Phi) is 5.43. The van der Waals surface area contributed by atoms with Gasteiger partial charge in [0.1, 0.15) is 12.2 Å². The van der Waals surface area contributed by atoms with Crippen molar-refractivity contribution in [2.45, 2.75) is 39.4 Å². The van der Waals surface area contributed by atoms with E-state index < -0.39 is 12.0 Å². The molecule has 8 heteroatoms. The largest absolute Gasteiger partial charge is 0.480 e. The summed E-state index contributed by atoms with van der Waals surface area (Å²) in [6.07, 6.45) is 2.30. The zero-order valence-electron chi connectivity index (χ0n) is 11.0. The third kappa shape index (κ3) is 4.66. The Labute approximate surface area is 111 Å². The third-order valence-electron chi connectivity index (χ3n) is 2.89. The molecule has 1 amide bonds. The highest BCUT2D eigenvalue weighted by molar-refractivity contribution is 5.81. The lowest BCUT2D eigenvalue weighted by Crippen LogP contribution is -2.44. The van der Waals surface area contributed by atoms with Crippen molar-refractivity contribution in [3.63, 3.8) is 0 Å². The van der Waals surface area contributed by atoms with E-state index in [1.807, 2.05) is 13.8 Å². The SMILES string of the molecule is CCC(C)C(N)C(=O)NCc1cn(CC(=O)O)nn1. The highest BCUT2D eigenvalue weighted by atomic mass is 16.4. The normalized spacial score (nSPS) is 13.8. The minimum Gasteiger partial charge on any atom is -0.480 e. The molecule has 4 N–H and O–H groups in total. The van der Waals surface area contributed by atoms with Crippen LogP contribution in [-0.4, -0.2) is 38.0 Å². The number of carboxylic acids is 1. The van der Waals surface area contributed by atoms with Crippen molar-refractivity contribution < 1.29 is 14.7 Å². The third-order valence-corrected chi connectivity index (χ3v) is 2.89. The molecule has 1 heterocycles. The van der Waals surface area contributed by atoms with E-state index in [4.69, 9.17) is 10.8 Å². The number of nitrogens with zero attached hydrogens (tertiary/aromatic N) is 3. The van der Waals surface area contributed by atoms with Gasteiger partial charge in [0.05, 0.1) is 18.8 Å². The van der Waals surface area contributed by atoms with Crippen LogP contribution in [0.15, 0.2) is 6.20 Å². The highest BCUT2D eigenvalue weighted by Crippen LogP contribution is 2.05. The molecule has 0 saturated carbocycles. The van der Waals surface area contributed by atoms with E-state index in [9.17, 15) is 9.59 Å². The molecule has 1 aromatic rings. The van der Waals surface area contributed by atoms with E-state index in [2.05, 4.69) is 15.6 Å². The number of rotatable bonds is 7. The number of nitrogens with one attached hydrogen (secondary N) is 1. The molecular weight excluding hydrogens is 250 g/mol. The van der Waals surface area contributed by atoms with Crippen LogP contribution < -0.4 is 11.1 Å². The number of amides is 1. The van der Waals surface area contributed by atoms with Crippen LogP contribution in [0.3, 0.4) is 0 Å². The fourth-order valence-electron chi connectivity index (χ4n) is 1.44. The van der Waals surface area contributed by atoms with Crippen LogP contribution >= 0.6 is 0 Å². The summed E-state index contributed by atoms with van der Waals surface area (Å²) >= 11 is 0. The van der Waals surface area contributed by atoms with Gasteiger partial charge in [0.2, 0.25) is 5.91 Å². The lowest BCUT2D eigenvalue weighted by atomic mass is 9.99. The molecule has 2 unspecified atom stereocenters. The maximum Gasteiger partial charge on any atom is 0.325 e. The Morgan fingerprint density at radius 1 is 1.58 bits per heavy atom. The van der Waals surface area contributed by atoms with Crippen molar-refractivity contribution in [3.05, 3.63) is 11.9 Å². The zero-order chi connectivity index (χ0) is 14.4. The van der Waals surface area contributed by atoms with Crippen LogP contribution in [0.4, 0.5) is 0 Å². The zero-order valence-corrected chi connectivity index (χ0v) is 11.0. The van der Waals surface area contributed by atoms with Gasteiger partial charge in [-0.3, -0.25) is 9.59 Å². The Morgan fingerprint density at radius 2 is 2.26 bits per heavy atom. The van der Waals surface area contributed by atoms with Crippen LogP contribution in [-0.2, 0) is 22.7 Å². The summed E-state index contributed by atoms with van der Waals surface area (Å²) in [5, 5.41) is 18.6. The monoisotopic (exact) mass is 269 g/mol. The predicted octanol–water partition coefficient (Wildman–Crippen LogP) is -0.648. The highest BCUT2D eigenvalue weighted by Gasteiger charge is 2.19. The average Bonchev–Trinajstić information content (AvgIpc) is 2.80. The van der Waals surface area contributed by atoms with Gasteiger partial charge in [0, 0.05) is 0 Å². The van der Waals surface area contributed by atoms with Crippen molar-refractivity contribution in [2.24, 2.45) is 11.7 Å². The van der Waals surface area contributed by atoms with Gasteiger partial charge in [0.25, 0.3) is 0 Å². The number of carbonyl (C=O) groups excluding carboxylic acids is 1. The average molecular weight is 269 g/mol. The summed E-state index contributed by atoms with van der Waals surface area (Å²) in [5.74, 6) is -1.15. The lowest BCUT2D eigenvalue weighted by molar-refractivity contribution is -0.138. The van der Waals surface area contributed by atoms with Gasteiger partial charge in [-0.2, -0.15) is 0 Å². The summed E-state index contributed by atoms with van der Waals surface area (Å²) in [4.78, 5) is 22.2. The van der Waals surface area contributed by atoms with Gasteiger partial charge >= 0.3 is 5.97 Å². The number of hydrogen-bond donors (Lipinski definition) is 3. The molecule has 0 aliphatic heterocycles. The van der Waals surface area contributed by atoms with Crippen LogP contribution in [0.2, 0.25) is 0 Å². The number of carbonyl (C=O) groups is 2. The van der Waals surface area contributed by atoms with E-state index in [0.717, 1.165) is 6.42 Å². The predicted molar refractivity (Wildman–Crippen MR) is 66.9 cm³/mol. The van der Waals surface area contributed by atoms with E-state index in [0.29, 0.717) is 5.69 Å². The van der Waals surface area contributed by atoms with E-state index in [1.54, 1.807) is 0 Å². The molecule has 8 nitrogen and oxygen atoms in total. The number of carboxylic acid groups (broad SMARTS) is 1. The fraction of sp³-hybridized carbons (Fsp3) is 0.636. The molecule has 19 heavy (non-hydrogen) atoms. The lowest BCUT2D eigenvalue weighted by Gasteiger charge is -2.17. The Bertz CT molecular complexity index is 445. The second kappa shape index (κ2) is 6.83. The first kappa shape index (κ1) is 15.1. The Morgan fingerprint density at radius 3 is 2.84 bits per heavy atom. The van der Waals surface area contributed by atoms with E-state index in [1.165, 1.54) is 10.9 Å². The van der Waals surface area contributed by atoms with Crippen LogP contribution in [0.1, 0.15) is 26.0 Å². The number of hydrogen-bond acceptors (Lipinski definition) is 5. The molecule has 1 aromatic heterocycles. The second-order valence-corrected chi connectivity index (χ2v) is 4.43. The first-order valence-corrected chi connectivity index (χ1v) is 6.08. The molecule has 0 fully saturated rings. The van der Waals surface area contributed by atoms with Crippen LogP contribution in [0.25, 0.3) is 0 Å². The van der Waals surface area contributed by atoms with Crippen molar-refractivity contribution >= 4 is 11.9 Å². The Hall–Kier alpha value is -1.96. The van der Waals surface area contributed by atoms with Gasteiger partial charge in [-0.25, -0.2) is 4.68 Å². The maximum absolute atomic E-state index is 11.7. The van der Waals surface area contributed by atoms with Gasteiger partial charge < -0.3 is 16.2 Å². The topological polar surface area (TPSA) is 123 Å². The molecule has 1 rings (SSSR count). The summed E-state index contributed by atoms with van der Waals surface area (Å²) < 4.78 is 1.19. The van der Waals surface area contributed by atoms with Crippen molar-refractivity contribution in [1.29, 1.82) is 0 Å². The standard InChI is InChI=1S/C11H19N5O3/c1-3-7(2)10(12)11(19)13-4-8-5-16(15-14-8)6-9(17)18/h5,7,10H,3-4,6,12H2,1-2H3,(H,13,19)(H,17,18). The second-order valence-electron chi connectivity index (χ2n) is 4.43. The molecule has 0 aliphatic carbocycles. The molecule has 0 aromatic carbocycles. The summed E-state index contributed by atoms with van der Waals surface area (Å²) in [6.45, 7) is 3.80. The van der Waals surface area contributed by atoms with Crippen LogP contribution in [0, 0.1) is 5.92 Å². The molecule has 0 bridgehead atoms. The number of aliphatic carboxylic acids is 1. The van der Waals surface area contributed by atoms with Gasteiger partial charge in [-0.1, -0.05) is 25.5 Å². The van der Waals surface area contributed by atoms with Gasteiger partial charge in [-0.05, 0) is 5.92 Å². The van der Waals surface area contributed by atoms with Crippen molar-refractivity contribution in [1.82, 2.24) is 20.3 Å². The van der Waals surface area contributed by atoms with Crippen molar-refractivity contribution in [2.75, 3.05) is 0 Å². The smallest absolute Gasteiger partial charge is 0.325 e. The van der Waals surface area contributed by atoms with Crippen LogP contribution in [0.5, 0.6) is 0 Å². The van der Waals surface area contributed by atoms with E-state index in [-0.39, 0.29) is 24.9 Å². The van der Waals surface area contributed by atoms with Crippen molar-refractivity contribution in [3.8, 4) is 0 Å². The molecular formula is C11H19N5O3. The van der Waals surface area contributed by atoms with Gasteiger partial charge in [0.15, 0.2) is 0 Å².